The van der Waals surface area contributed by atoms with E-state index in [1.54, 1.807) is 25.2 Å². The lowest BCUT2D eigenvalue weighted by Crippen LogP contribution is -2.34. The highest BCUT2D eigenvalue weighted by molar-refractivity contribution is 5.51. The third-order valence-corrected chi connectivity index (χ3v) is 4.23. The van der Waals surface area contributed by atoms with Crippen molar-refractivity contribution in [3.63, 3.8) is 0 Å². The van der Waals surface area contributed by atoms with Crippen LogP contribution in [0, 0.1) is 5.82 Å². The second-order valence-electron chi connectivity index (χ2n) is 6.05. The minimum Gasteiger partial charge on any atom is -0.419 e. The van der Waals surface area contributed by atoms with E-state index in [2.05, 4.69) is 20.2 Å². The number of aromatic nitrogens is 4. The summed E-state index contributed by atoms with van der Waals surface area (Å²) in [5, 5.41) is 12.4. The van der Waals surface area contributed by atoms with Crippen LogP contribution in [0.1, 0.15) is 17.1 Å². The zero-order valence-corrected chi connectivity index (χ0v) is 13.6. The van der Waals surface area contributed by atoms with E-state index in [0.717, 1.165) is 24.2 Å². The molecule has 25 heavy (non-hydrogen) atoms. The summed E-state index contributed by atoms with van der Waals surface area (Å²) in [7, 11) is 1.66. The van der Waals surface area contributed by atoms with Crippen LogP contribution < -0.4 is 5.56 Å². The van der Waals surface area contributed by atoms with E-state index in [1.807, 2.05) is 0 Å². The third-order valence-electron chi connectivity index (χ3n) is 4.23. The Morgan fingerprint density at radius 2 is 2.04 bits per heavy atom. The van der Waals surface area contributed by atoms with E-state index in [0.29, 0.717) is 30.4 Å². The van der Waals surface area contributed by atoms with E-state index < -0.39 is 0 Å². The average molecular weight is 341 g/mol. The quantitative estimate of drug-likeness (QED) is 0.719. The molecule has 3 aromatic rings. The van der Waals surface area contributed by atoms with Crippen LogP contribution in [0.2, 0.25) is 0 Å². The fraction of sp³-hybridized carbons (Fsp3) is 0.294. The predicted molar refractivity (Wildman–Crippen MR) is 87.0 cm³/mol. The summed E-state index contributed by atoms with van der Waals surface area (Å²) in [6.45, 7) is 1.90. The van der Waals surface area contributed by atoms with Crippen LogP contribution in [0.4, 0.5) is 4.39 Å². The van der Waals surface area contributed by atoms with E-state index >= 15 is 0 Å². The average Bonchev–Trinajstić information content (AvgIpc) is 3.05. The molecule has 0 aliphatic carbocycles. The Morgan fingerprint density at radius 1 is 1.24 bits per heavy atom. The number of rotatable bonds is 3. The maximum atomic E-state index is 13.0. The molecular formula is C17H16FN5O2. The van der Waals surface area contributed by atoms with Crippen LogP contribution in [-0.2, 0) is 26.6 Å². The van der Waals surface area contributed by atoms with Gasteiger partial charge in [0.05, 0.1) is 12.2 Å². The summed E-state index contributed by atoms with van der Waals surface area (Å²) in [4.78, 5) is 13.9. The van der Waals surface area contributed by atoms with Gasteiger partial charge in [0.2, 0.25) is 11.8 Å². The lowest BCUT2D eigenvalue weighted by atomic mass is 10.1. The topological polar surface area (TPSA) is 77.1 Å². The van der Waals surface area contributed by atoms with Crippen molar-refractivity contribution in [3.8, 4) is 11.5 Å². The fourth-order valence-corrected chi connectivity index (χ4v) is 2.90. The largest absolute Gasteiger partial charge is 0.419 e. The number of hydrogen-bond donors (Lipinski definition) is 0. The summed E-state index contributed by atoms with van der Waals surface area (Å²) in [6.07, 6.45) is 0.766. The molecule has 0 unspecified atom stereocenters. The van der Waals surface area contributed by atoms with Gasteiger partial charge in [0.15, 0.2) is 0 Å². The van der Waals surface area contributed by atoms with Crippen molar-refractivity contribution in [1.29, 1.82) is 0 Å². The lowest BCUT2D eigenvalue weighted by molar-refractivity contribution is 0.218. The van der Waals surface area contributed by atoms with Crippen molar-refractivity contribution in [2.75, 3.05) is 6.54 Å². The molecule has 8 heteroatoms. The zero-order valence-electron chi connectivity index (χ0n) is 13.6. The van der Waals surface area contributed by atoms with Gasteiger partial charge in [-0.25, -0.2) is 9.07 Å². The first kappa shape index (κ1) is 15.6. The van der Waals surface area contributed by atoms with Gasteiger partial charge in [-0.1, -0.05) is 0 Å². The second kappa shape index (κ2) is 6.21. The number of nitrogens with zero attached hydrogens (tertiary/aromatic N) is 5. The monoisotopic (exact) mass is 341 g/mol. The van der Waals surface area contributed by atoms with Gasteiger partial charge in [0, 0.05) is 38.2 Å². The van der Waals surface area contributed by atoms with Gasteiger partial charge in [-0.15, -0.1) is 10.2 Å². The van der Waals surface area contributed by atoms with Crippen LogP contribution in [0.25, 0.3) is 11.5 Å². The maximum absolute atomic E-state index is 13.0. The number of fused-ring (bicyclic) bond motifs is 1. The molecule has 0 bridgehead atoms. The normalized spacial score (nSPS) is 14.5. The Labute approximate surface area is 142 Å². The summed E-state index contributed by atoms with van der Waals surface area (Å²) >= 11 is 0. The number of benzene rings is 1. The molecule has 7 nitrogen and oxygen atoms in total. The molecule has 3 heterocycles. The van der Waals surface area contributed by atoms with Crippen LogP contribution >= 0.6 is 0 Å². The highest BCUT2D eigenvalue weighted by Crippen LogP contribution is 2.21. The van der Waals surface area contributed by atoms with Crippen LogP contribution in [-0.4, -0.2) is 31.4 Å². The minimum absolute atomic E-state index is 0.114. The zero-order chi connectivity index (χ0) is 17.4. The minimum atomic E-state index is -0.310. The Hall–Kier alpha value is -2.87. The summed E-state index contributed by atoms with van der Waals surface area (Å²) in [5.41, 5.74) is 2.46. The molecule has 0 atom stereocenters. The molecule has 1 aromatic carbocycles. The number of aryl methyl sites for hydroxylation is 1. The Balaban J connectivity index is 1.49. The maximum Gasteiger partial charge on any atom is 0.266 e. The molecule has 0 N–H and O–H groups in total. The van der Waals surface area contributed by atoms with Gasteiger partial charge in [-0.3, -0.25) is 9.69 Å². The van der Waals surface area contributed by atoms with E-state index in [-0.39, 0.29) is 11.4 Å². The molecule has 0 radical (unpaired) electrons. The van der Waals surface area contributed by atoms with Crippen molar-refractivity contribution in [2.45, 2.75) is 19.5 Å². The van der Waals surface area contributed by atoms with E-state index in [4.69, 9.17) is 4.42 Å². The highest BCUT2D eigenvalue weighted by Gasteiger charge is 2.21. The van der Waals surface area contributed by atoms with Gasteiger partial charge in [0.25, 0.3) is 5.56 Å². The van der Waals surface area contributed by atoms with E-state index in [1.165, 1.54) is 16.8 Å². The second-order valence-corrected chi connectivity index (χ2v) is 6.05. The van der Waals surface area contributed by atoms with Crippen molar-refractivity contribution < 1.29 is 8.81 Å². The molecule has 0 fully saturated rings. The van der Waals surface area contributed by atoms with Crippen LogP contribution in [0.5, 0.6) is 0 Å². The van der Waals surface area contributed by atoms with Crippen molar-refractivity contribution >= 4 is 0 Å². The van der Waals surface area contributed by atoms with E-state index in [9.17, 15) is 9.18 Å². The van der Waals surface area contributed by atoms with Crippen molar-refractivity contribution in [2.24, 2.45) is 7.05 Å². The molecule has 0 saturated carbocycles. The molecule has 0 spiro atoms. The first-order valence-corrected chi connectivity index (χ1v) is 7.95. The lowest BCUT2D eigenvalue weighted by Gasteiger charge is -2.26. The standard InChI is InChI=1S/C17H16FN5O2/c1-22-16(24)8-12-9-23(7-6-14(12)21-22)10-15-19-20-17(25-15)11-2-4-13(18)5-3-11/h2-5,8H,6-7,9-10H2,1H3. The molecule has 1 aliphatic heterocycles. The Kier molecular flexibility index (Phi) is 3.89. The van der Waals surface area contributed by atoms with Gasteiger partial charge < -0.3 is 4.42 Å². The van der Waals surface area contributed by atoms with Gasteiger partial charge in [0.1, 0.15) is 5.82 Å². The smallest absolute Gasteiger partial charge is 0.266 e. The Morgan fingerprint density at radius 3 is 2.84 bits per heavy atom. The van der Waals surface area contributed by atoms with Gasteiger partial charge >= 0.3 is 0 Å². The van der Waals surface area contributed by atoms with Crippen molar-refractivity contribution in [1.82, 2.24) is 24.9 Å². The first-order chi connectivity index (χ1) is 12.1. The van der Waals surface area contributed by atoms with Crippen molar-refractivity contribution in [3.05, 3.63) is 63.7 Å². The molecular weight excluding hydrogens is 325 g/mol. The Bertz CT molecular complexity index is 964. The summed E-state index contributed by atoms with van der Waals surface area (Å²) < 4.78 is 20.0. The van der Waals surface area contributed by atoms with Gasteiger partial charge in [-0.05, 0) is 29.8 Å². The van der Waals surface area contributed by atoms with Crippen LogP contribution in [0.15, 0.2) is 39.5 Å². The van der Waals surface area contributed by atoms with Gasteiger partial charge in [-0.2, -0.15) is 5.10 Å². The first-order valence-electron chi connectivity index (χ1n) is 7.95. The highest BCUT2D eigenvalue weighted by atomic mass is 19.1. The SMILES string of the molecule is Cn1nc2c(cc1=O)CN(Cc1nnc(-c3ccc(F)cc3)o1)CC2. The predicted octanol–water partition coefficient (Wildman–Crippen LogP) is 1.53. The van der Waals surface area contributed by atoms with Crippen LogP contribution in [0.3, 0.4) is 0 Å². The third kappa shape index (κ3) is 3.20. The summed E-state index contributed by atoms with van der Waals surface area (Å²) in [5.74, 6) is 0.540. The number of hydrogen-bond acceptors (Lipinski definition) is 6. The molecule has 128 valence electrons. The summed E-state index contributed by atoms with van der Waals surface area (Å²) in [6, 6.07) is 7.55. The molecule has 1 aliphatic rings. The molecule has 0 saturated heterocycles. The molecule has 4 rings (SSSR count). The fourth-order valence-electron chi connectivity index (χ4n) is 2.90. The number of halogens is 1. The molecule has 0 amide bonds. The molecule has 2 aromatic heterocycles.